The zero-order valence-corrected chi connectivity index (χ0v) is 15.2. The fraction of sp³-hybridized carbons (Fsp3) is 0.750. The van der Waals surface area contributed by atoms with E-state index in [0.29, 0.717) is 18.4 Å². The molecule has 140 valence electrons. The number of cyclic esters (lactones) is 1. The first-order chi connectivity index (χ1) is 11.7. The van der Waals surface area contributed by atoms with Crippen LogP contribution in [0.1, 0.15) is 46.0 Å². The number of fused-ring (bicyclic) bond motifs is 1. The number of hydrogen-bond donors (Lipinski definition) is 3. The van der Waals surface area contributed by atoms with Crippen LogP contribution in [0, 0.1) is 22.7 Å². The second-order valence-electron chi connectivity index (χ2n) is 8.54. The number of ether oxygens (including phenoxy) is 1. The van der Waals surface area contributed by atoms with Crippen molar-refractivity contribution in [2.24, 2.45) is 22.7 Å². The van der Waals surface area contributed by atoms with Gasteiger partial charge in [0.25, 0.3) is 0 Å². The van der Waals surface area contributed by atoms with Crippen molar-refractivity contribution in [3.63, 3.8) is 0 Å². The summed E-state index contributed by atoms with van der Waals surface area (Å²) in [6.45, 7) is 8.50. The maximum atomic E-state index is 11.8. The summed E-state index contributed by atoms with van der Waals surface area (Å²) < 4.78 is 4.90. The molecule has 2 aliphatic carbocycles. The smallest absolute Gasteiger partial charge is 0.336 e. The Hall–Kier alpha value is -1.17. The van der Waals surface area contributed by atoms with Gasteiger partial charge >= 0.3 is 5.97 Å². The zero-order valence-electron chi connectivity index (χ0n) is 15.2. The summed E-state index contributed by atoms with van der Waals surface area (Å²) in [6, 6.07) is 0. The molecule has 5 nitrogen and oxygen atoms in total. The van der Waals surface area contributed by atoms with Crippen LogP contribution in [-0.2, 0) is 9.53 Å². The molecule has 1 heterocycles. The van der Waals surface area contributed by atoms with Gasteiger partial charge in [-0.25, -0.2) is 4.79 Å². The van der Waals surface area contributed by atoms with Crippen molar-refractivity contribution in [2.75, 3.05) is 13.2 Å². The molecule has 3 aliphatic rings. The lowest BCUT2D eigenvalue weighted by Gasteiger charge is -2.59. The second kappa shape index (κ2) is 6.53. The molecule has 0 amide bonds. The van der Waals surface area contributed by atoms with E-state index in [1.54, 1.807) is 0 Å². The number of carbonyl (C=O) groups excluding carboxylic acids is 1. The van der Waals surface area contributed by atoms with E-state index in [4.69, 9.17) is 4.74 Å². The average molecular weight is 350 g/mol. The number of aliphatic hydroxyl groups is 3. The quantitative estimate of drug-likeness (QED) is 0.411. The highest BCUT2D eigenvalue weighted by atomic mass is 16.6. The van der Waals surface area contributed by atoms with Crippen molar-refractivity contribution in [1.82, 2.24) is 0 Å². The Bertz CT molecular complexity index is 597. The molecule has 0 radical (unpaired) electrons. The van der Waals surface area contributed by atoms with Gasteiger partial charge in [0, 0.05) is 5.41 Å². The van der Waals surface area contributed by atoms with Crippen LogP contribution in [0.2, 0.25) is 0 Å². The van der Waals surface area contributed by atoms with Gasteiger partial charge in [0.1, 0.15) is 12.7 Å². The minimum absolute atomic E-state index is 0.0280. The highest BCUT2D eigenvalue weighted by Crippen LogP contribution is 2.61. The van der Waals surface area contributed by atoms with Crippen LogP contribution >= 0.6 is 0 Å². The first-order valence-corrected chi connectivity index (χ1v) is 9.26. The van der Waals surface area contributed by atoms with Gasteiger partial charge in [-0.1, -0.05) is 32.1 Å². The first-order valence-electron chi connectivity index (χ1n) is 9.26. The third kappa shape index (κ3) is 2.86. The van der Waals surface area contributed by atoms with Crippen LogP contribution in [0.5, 0.6) is 0 Å². The van der Waals surface area contributed by atoms with E-state index in [2.05, 4.69) is 13.5 Å². The molecule has 6 atom stereocenters. The average Bonchev–Trinajstić information content (AvgIpc) is 2.89. The summed E-state index contributed by atoms with van der Waals surface area (Å²) in [5.41, 5.74) is 0.911. The van der Waals surface area contributed by atoms with E-state index in [1.165, 1.54) is 0 Å². The number of esters is 1. The van der Waals surface area contributed by atoms with Gasteiger partial charge in [0.2, 0.25) is 0 Å². The summed E-state index contributed by atoms with van der Waals surface area (Å²) in [6.07, 6.45) is 4.42. The molecule has 0 spiro atoms. The lowest BCUT2D eigenvalue weighted by atomic mass is 9.46. The molecule has 3 rings (SSSR count). The van der Waals surface area contributed by atoms with Crippen LogP contribution in [0.4, 0.5) is 0 Å². The lowest BCUT2D eigenvalue weighted by Crippen LogP contribution is -2.57. The fourth-order valence-corrected chi connectivity index (χ4v) is 5.56. The molecular formula is C20H30O5. The van der Waals surface area contributed by atoms with Gasteiger partial charge in [-0.3, -0.25) is 0 Å². The van der Waals surface area contributed by atoms with Crippen LogP contribution in [0.3, 0.4) is 0 Å². The summed E-state index contributed by atoms with van der Waals surface area (Å²) >= 11 is 0. The largest absolute Gasteiger partial charge is 0.459 e. The highest BCUT2D eigenvalue weighted by molar-refractivity contribution is 5.91. The van der Waals surface area contributed by atoms with Gasteiger partial charge in [-0.15, -0.1) is 0 Å². The molecule has 0 aromatic heterocycles. The monoisotopic (exact) mass is 350 g/mol. The maximum absolute atomic E-state index is 11.8. The Kier molecular flexibility index (Phi) is 4.86. The van der Waals surface area contributed by atoms with Crippen molar-refractivity contribution >= 4 is 5.97 Å². The van der Waals surface area contributed by atoms with E-state index in [-0.39, 0.29) is 30.5 Å². The molecule has 2 unspecified atom stereocenters. The summed E-state index contributed by atoms with van der Waals surface area (Å²) in [5, 5.41) is 30.4. The van der Waals surface area contributed by atoms with E-state index in [0.717, 1.165) is 24.8 Å². The SMILES string of the molecule is C=C1CCC2[C@](C)(CO)[C@H](O)CC[C@@]2(C)[C@@H]1C/C=C1\C(=O)OCC1O. The highest BCUT2D eigenvalue weighted by Gasteiger charge is 2.57. The number of rotatable bonds is 3. The Morgan fingerprint density at radius 2 is 2.04 bits per heavy atom. The summed E-state index contributed by atoms with van der Waals surface area (Å²) in [4.78, 5) is 11.8. The predicted molar refractivity (Wildman–Crippen MR) is 93.6 cm³/mol. The minimum atomic E-state index is -0.844. The van der Waals surface area contributed by atoms with Gasteiger partial charge < -0.3 is 20.1 Å². The Morgan fingerprint density at radius 1 is 1.32 bits per heavy atom. The summed E-state index contributed by atoms with van der Waals surface area (Å²) in [7, 11) is 0. The molecule has 3 N–H and O–H groups in total. The standard InChI is InChI=1S/C20H30O5/c1-12-4-7-16-19(2,9-8-17(23)20(16,3)11-21)14(12)6-5-13-15(22)10-25-18(13)24/h5,14-17,21-23H,1,4,6-11H2,2-3H3/b13-5-/t14-,15?,16?,17-,19+,20+/m1/s1. The molecule has 1 aliphatic heterocycles. The van der Waals surface area contributed by atoms with Crippen LogP contribution in [0.25, 0.3) is 0 Å². The normalized spacial score (nSPS) is 46.2. The van der Waals surface area contributed by atoms with Gasteiger partial charge in [-0.2, -0.15) is 0 Å². The molecule has 0 bridgehead atoms. The summed E-state index contributed by atoms with van der Waals surface area (Å²) in [5.74, 6) is -0.0734. The maximum Gasteiger partial charge on any atom is 0.336 e. The lowest BCUT2D eigenvalue weighted by molar-refractivity contribution is -0.151. The Labute approximate surface area is 149 Å². The van der Waals surface area contributed by atoms with E-state index >= 15 is 0 Å². The molecule has 25 heavy (non-hydrogen) atoms. The number of hydrogen-bond acceptors (Lipinski definition) is 5. The predicted octanol–water partition coefficient (Wildman–Crippen LogP) is 1.96. The molecular weight excluding hydrogens is 320 g/mol. The van der Waals surface area contributed by atoms with Crippen molar-refractivity contribution in [2.45, 2.75) is 58.2 Å². The van der Waals surface area contributed by atoms with Crippen LogP contribution in [0.15, 0.2) is 23.8 Å². The van der Waals surface area contributed by atoms with Crippen LogP contribution < -0.4 is 0 Å². The number of carbonyl (C=O) groups is 1. The molecule has 1 saturated heterocycles. The Morgan fingerprint density at radius 3 is 2.64 bits per heavy atom. The molecule has 5 heteroatoms. The molecule has 0 aromatic carbocycles. The van der Waals surface area contributed by atoms with Crippen molar-refractivity contribution < 1.29 is 24.9 Å². The van der Waals surface area contributed by atoms with Crippen LogP contribution in [-0.4, -0.2) is 46.7 Å². The second-order valence-corrected chi connectivity index (χ2v) is 8.54. The van der Waals surface area contributed by atoms with Crippen molar-refractivity contribution in [3.05, 3.63) is 23.8 Å². The zero-order chi connectivity index (χ0) is 18.4. The number of allylic oxidation sites excluding steroid dienone is 2. The van der Waals surface area contributed by atoms with Gasteiger partial charge in [0.05, 0.1) is 18.3 Å². The van der Waals surface area contributed by atoms with Gasteiger partial charge in [0.15, 0.2) is 0 Å². The molecule has 0 aromatic rings. The van der Waals surface area contributed by atoms with Gasteiger partial charge in [-0.05, 0) is 49.4 Å². The third-order valence-corrected chi connectivity index (χ3v) is 7.23. The fourth-order valence-electron chi connectivity index (χ4n) is 5.56. The van der Waals surface area contributed by atoms with E-state index < -0.39 is 23.6 Å². The van der Waals surface area contributed by atoms with Crippen molar-refractivity contribution in [1.29, 1.82) is 0 Å². The van der Waals surface area contributed by atoms with E-state index in [1.807, 2.05) is 13.0 Å². The molecule has 2 saturated carbocycles. The third-order valence-electron chi connectivity index (χ3n) is 7.23. The topological polar surface area (TPSA) is 87.0 Å². The van der Waals surface area contributed by atoms with Crippen molar-refractivity contribution in [3.8, 4) is 0 Å². The van der Waals surface area contributed by atoms with E-state index in [9.17, 15) is 20.1 Å². The minimum Gasteiger partial charge on any atom is -0.459 e. The number of aliphatic hydroxyl groups excluding tert-OH is 3. The first kappa shape index (κ1) is 18.6. The molecule has 3 fully saturated rings. The Balaban J connectivity index is 1.89.